The fourth-order valence-corrected chi connectivity index (χ4v) is 3.22. The molecule has 1 aromatic carbocycles. The predicted octanol–water partition coefficient (Wildman–Crippen LogP) is 1.32. The van der Waals surface area contributed by atoms with Gasteiger partial charge in [0.1, 0.15) is 18.8 Å². The molecule has 0 saturated carbocycles. The predicted molar refractivity (Wildman–Crippen MR) is 121 cm³/mol. The van der Waals surface area contributed by atoms with Crippen LogP contribution in [0.5, 0.6) is 11.5 Å². The third-order valence-corrected chi connectivity index (χ3v) is 4.81. The number of rotatable bonds is 3. The van der Waals surface area contributed by atoms with Gasteiger partial charge in [0.05, 0.1) is 39.6 Å². The molecule has 2 aliphatic rings. The zero-order valence-electron chi connectivity index (χ0n) is 17.7. The van der Waals surface area contributed by atoms with Gasteiger partial charge in [0.25, 0.3) is 11.8 Å². The molecule has 0 unspecified atom stereocenters. The van der Waals surface area contributed by atoms with E-state index in [2.05, 4.69) is 11.9 Å². The van der Waals surface area contributed by atoms with Crippen LogP contribution in [0.1, 0.15) is 5.56 Å². The van der Waals surface area contributed by atoms with Crippen molar-refractivity contribution in [1.29, 1.82) is 0 Å². The van der Waals surface area contributed by atoms with E-state index in [-0.39, 0.29) is 17.2 Å². The summed E-state index contributed by atoms with van der Waals surface area (Å²) in [4.78, 5) is 26.4. The molecule has 0 aromatic heterocycles. The summed E-state index contributed by atoms with van der Waals surface area (Å²) < 4.78 is 28.0. The Balaban J connectivity index is 1.79. The number of ether oxygens (including phenoxy) is 5. The third kappa shape index (κ3) is 6.60. The number of amides is 2. The highest BCUT2D eigenvalue weighted by molar-refractivity contribution is 7.80. The summed E-state index contributed by atoms with van der Waals surface area (Å²) in [5.41, 5.74) is 0.566. The molecule has 0 spiro atoms. The summed E-state index contributed by atoms with van der Waals surface area (Å²) in [7, 11) is 0. The molecule has 0 aliphatic carbocycles. The number of carbonyl (C=O) groups excluding carboxylic acids is 2. The number of hydrogen-bond donors (Lipinski definition) is 1. The van der Waals surface area contributed by atoms with E-state index in [0.29, 0.717) is 69.9 Å². The minimum Gasteiger partial charge on any atom is -0.487 e. The molecule has 1 saturated heterocycles. The van der Waals surface area contributed by atoms with Crippen LogP contribution in [-0.4, -0.2) is 81.2 Å². The van der Waals surface area contributed by atoms with Gasteiger partial charge < -0.3 is 23.7 Å². The molecule has 3 rings (SSSR count). The summed E-state index contributed by atoms with van der Waals surface area (Å²) in [6.45, 7) is 7.14. The highest BCUT2D eigenvalue weighted by atomic mass is 32.1. The fourth-order valence-electron chi connectivity index (χ4n) is 2.97. The maximum Gasteiger partial charge on any atom is 0.265 e. The summed E-state index contributed by atoms with van der Waals surface area (Å²) in [6.07, 6.45) is 3.03. The van der Waals surface area contributed by atoms with Crippen LogP contribution in [0.25, 0.3) is 6.08 Å². The van der Waals surface area contributed by atoms with E-state index >= 15 is 0 Å². The number of carbonyl (C=O) groups is 2. The lowest BCUT2D eigenvalue weighted by atomic mass is 10.1. The Morgan fingerprint density at radius 2 is 1.53 bits per heavy atom. The molecular formula is C22H26N2O7S. The van der Waals surface area contributed by atoms with Crippen molar-refractivity contribution in [1.82, 2.24) is 10.2 Å². The van der Waals surface area contributed by atoms with Crippen molar-refractivity contribution in [2.75, 3.05) is 59.4 Å². The van der Waals surface area contributed by atoms with Gasteiger partial charge in [0, 0.05) is 6.54 Å². The topological polar surface area (TPSA) is 95.6 Å². The molecule has 0 bridgehead atoms. The van der Waals surface area contributed by atoms with E-state index in [1.165, 1.54) is 17.1 Å². The lowest BCUT2D eigenvalue weighted by molar-refractivity contribution is -0.128. The van der Waals surface area contributed by atoms with E-state index < -0.39 is 11.8 Å². The normalized spacial score (nSPS) is 20.3. The maximum atomic E-state index is 12.7. The SMILES string of the molecule is C=CCN1C(=O)C(=Cc2ccc3c(c2)OCCOCCOCCOCCO3)C(=O)NC1=S. The van der Waals surface area contributed by atoms with Crippen LogP contribution in [-0.2, 0) is 23.8 Å². The quantitative estimate of drug-likeness (QED) is 0.311. The molecule has 2 aliphatic heterocycles. The maximum absolute atomic E-state index is 12.7. The Hall–Kier alpha value is -2.79. The van der Waals surface area contributed by atoms with Crippen molar-refractivity contribution < 1.29 is 33.3 Å². The molecule has 10 heteroatoms. The third-order valence-electron chi connectivity index (χ3n) is 4.49. The fraction of sp³-hybridized carbons (Fsp3) is 0.409. The Morgan fingerprint density at radius 1 is 0.938 bits per heavy atom. The van der Waals surface area contributed by atoms with Gasteiger partial charge >= 0.3 is 0 Å². The molecule has 1 fully saturated rings. The van der Waals surface area contributed by atoms with E-state index in [9.17, 15) is 9.59 Å². The first kappa shape index (κ1) is 23.9. The van der Waals surface area contributed by atoms with Crippen LogP contribution in [0, 0.1) is 0 Å². The van der Waals surface area contributed by atoms with E-state index in [1.807, 2.05) is 0 Å². The molecule has 32 heavy (non-hydrogen) atoms. The minimum absolute atomic E-state index is 0.0322. The zero-order valence-corrected chi connectivity index (χ0v) is 18.5. The van der Waals surface area contributed by atoms with Gasteiger partial charge in [-0.1, -0.05) is 12.1 Å². The van der Waals surface area contributed by atoms with E-state index in [4.69, 9.17) is 35.9 Å². The Labute approximate surface area is 191 Å². The van der Waals surface area contributed by atoms with E-state index in [0.717, 1.165) is 0 Å². The van der Waals surface area contributed by atoms with Crippen molar-refractivity contribution in [3.8, 4) is 11.5 Å². The molecular weight excluding hydrogens is 436 g/mol. The van der Waals surface area contributed by atoms with Gasteiger partial charge in [0.15, 0.2) is 16.6 Å². The second-order valence-electron chi connectivity index (χ2n) is 6.76. The summed E-state index contributed by atoms with van der Waals surface area (Å²) in [6, 6.07) is 5.16. The summed E-state index contributed by atoms with van der Waals surface area (Å²) in [5, 5.41) is 2.58. The first-order chi connectivity index (χ1) is 15.6. The van der Waals surface area contributed by atoms with Crippen molar-refractivity contribution in [2.24, 2.45) is 0 Å². The number of benzene rings is 1. The van der Waals surface area contributed by atoms with Crippen LogP contribution >= 0.6 is 12.2 Å². The number of thiocarbonyl (C=S) groups is 1. The Morgan fingerprint density at radius 3 is 2.16 bits per heavy atom. The number of nitrogens with zero attached hydrogens (tertiary/aromatic N) is 1. The Bertz CT molecular complexity index is 887. The van der Waals surface area contributed by atoms with Crippen molar-refractivity contribution in [3.63, 3.8) is 0 Å². The second kappa shape index (κ2) is 12.3. The molecule has 2 amide bonds. The highest BCUT2D eigenvalue weighted by Gasteiger charge is 2.32. The smallest absolute Gasteiger partial charge is 0.265 e. The number of nitrogens with one attached hydrogen (secondary N) is 1. The summed E-state index contributed by atoms with van der Waals surface area (Å²) >= 11 is 5.08. The molecule has 1 N–H and O–H groups in total. The Kier molecular flexibility index (Phi) is 9.17. The van der Waals surface area contributed by atoms with Gasteiger partial charge in [-0.05, 0) is 36.0 Å². The molecule has 9 nitrogen and oxygen atoms in total. The first-order valence-corrected chi connectivity index (χ1v) is 10.6. The van der Waals surface area contributed by atoms with Crippen molar-refractivity contribution >= 4 is 35.2 Å². The second-order valence-corrected chi connectivity index (χ2v) is 7.15. The molecule has 0 atom stereocenters. The largest absolute Gasteiger partial charge is 0.487 e. The zero-order chi connectivity index (χ0) is 22.8. The standard InChI is InChI=1S/C22H26N2O7S/c1-2-5-24-21(26)17(20(25)23-22(24)32)14-16-3-4-18-19(15-16)31-13-11-29-9-7-27-6-8-28-10-12-30-18/h2-4,14-15H,1,5-13H2,(H,23,25,32). The lowest BCUT2D eigenvalue weighted by Crippen LogP contribution is -2.53. The van der Waals surface area contributed by atoms with Crippen molar-refractivity contribution in [3.05, 3.63) is 42.0 Å². The van der Waals surface area contributed by atoms with Gasteiger partial charge in [-0.25, -0.2) is 0 Å². The summed E-state index contributed by atoms with van der Waals surface area (Å²) in [5.74, 6) is -0.0481. The molecule has 2 heterocycles. The highest BCUT2D eigenvalue weighted by Crippen LogP contribution is 2.30. The molecule has 172 valence electrons. The van der Waals surface area contributed by atoms with Crippen molar-refractivity contribution in [2.45, 2.75) is 0 Å². The lowest BCUT2D eigenvalue weighted by Gasteiger charge is -2.27. The first-order valence-electron chi connectivity index (χ1n) is 10.2. The van der Waals surface area contributed by atoms with Gasteiger partial charge in [-0.3, -0.25) is 19.8 Å². The molecule has 1 aromatic rings. The minimum atomic E-state index is -0.554. The number of fused-ring (bicyclic) bond motifs is 1. The van der Waals surface area contributed by atoms with E-state index in [1.54, 1.807) is 18.2 Å². The van der Waals surface area contributed by atoms with Crippen LogP contribution in [0.4, 0.5) is 0 Å². The average Bonchev–Trinajstić information content (AvgIpc) is 2.78. The van der Waals surface area contributed by atoms with Crippen LogP contribution < -0.4 is 14.8 Å². The van der Waals surface area contributed by atoms with Crippen LogP contribution in [0.2, 0.25) is 0 Å². The van der Waals surface area contributed by atoms with Gasteiger partial charge in [-0.2, -0.15) is 0 Å². The number of hydrogen-bond acceptors (Lipinski definition) is 8. The monoisotopic (exact) mass is 462 g/mol. The van der Waals surface area contributed by atoms with Gasteiger partial charge in [0.2, 0.25) is 0 Å². The van der Waals surface area contributed by atoms with Crippen LogP contribution in [0.3, 0.4) is 0 Å². The average molecular weight is 463 g/mol. The van der Waals surface area contributed by atoms with Crippen LogP contribution in [0.15, 0.2) is 36.4 Å². The van der Waals surface area contributed by atoms with Gasteiger partial charge in [-0.15, -0.1) is 6.58 Å². The molecule has 0 radical (unpaired) electrons.